The molecule has 0 saturated carbocycles. The summed E-state index contributed by atoms with van der Waals surface area (Å²) in [5.41, 5.74) is 1.12. The zero-order chi connectivity index (χ0) is 19.7. The van der Waals surface area contributed by atoms with Crippen LogP contribution in [0.4, 0.5) is 9.18 Å². The number of halogens is 1. The Morgan fingerprint density at radius 1 is 1.29 bits per heavy atom. The van der Waals surface area contributed by atoms with Crippen LogP contribution in [0.1, 0.15) is 44.2 Å². The molecule has 3 aliphatic heterocycles. The highest BCUT2D eigenvalue weighted by Gasteiger charge is 2.43. The van der Waals surface area contributed by atoms with Gasteiger partial charge < -0.3 is 20.4 Å². The van der Waals surface area contributed by atoms with Crippen molar-refractivity contribution in [1.29, 1.82) is 0 Å². The molecule has 0 aromatic heterocycles. The van der Waals surface area contributed by atoms with E-state index in [9.17, 15) is 14.0 Å². The van der Waals surface area contributed by atoms with Crippen molar-refractivity contribution in [2.45, 2.75) is 44.7 Å². The maximum atomic E-state index is 13.2. The molecule has 0 radical (unpaired) electrons. The topological polar surface area (TPSA) is 64.7 Å². The predicted octanol–water partition coefficient (Wildman–Crippen LogP) is 2.27. The van der Waals surface area contributed by atoms with Gasteiger partial charge in [0.05, 0.1) is 6.04 Å². The number of piperidine rings is 1. The van der Waals surface area contributed by atoms with Crippen molar-refractivity contribution in [3.8, 4) is 0 Å². The average Bonchev–Trinajstić information content (AvgIpc) is 3.33. The molecule has 3 saturated heterocycles. The summed E-state index contributed by atoms with van der Waals surface area (Å²) in [6, 6.07) is 5.51. The van der Waals surface area contributed by atoms with Crippen LogP contribution < -0.4 is 10.6 Å². The van der Waals surface area contributed by atoms with Crippen LogP contribution in [-0.2, 0) is 4.79 Å². The molecule has 4 rings (SSSR count). The molecule has 3 aliphatic rings. The Kier molecular flexibility index (Phi) is 5.27. The van der Waals surface area contributed by atoms with Crippen LogP contribution in [0.3, 0.4) is 0 Å². The van der Waals surface area contributed by atoms with Gasteiger partial charge in [0.25, 0.3) is 0 Å². The number of rotatable bonds is 3. The summed E-state index contributed by atoms with van der Waals surface area (Å²) in [5.74, 6) is -0.334. The molecule has 28 heavy (non-hydrogen) atoms. The Morgan fingerprint density at radius 2 is 2.07 bits per heavy atom. The second-order valence-electron chi connectivity index (χ2n) is 8.50. The molecule has 3 atom stereocenters. The maximum absolute atomic E-state index is 13.2. The first-order chi connectivity index (χ1) is 13.5. The van der Waals surface area contributed by atoms with E-state index in [0.29, 0.717) is 13.0 Å². The Hall–Kier alpha value is -2.15. The first-order valence-electron chi connectivity index (χ1n) is 10.3. The zero-order valence-corrected chi connectivity index (χ0v) is 16.4. The average molecular weight is 388 g/mol. The van der Waals surface area contributed by atoms with E-state index in [1.165, 1.54) is 12.1 Å². The first-order valence-corrected chi connectivity index (χ1v) is 10.3. The van der Waals surface area contributed by atoms with Crippen LogP contribution in [0.15, 0.2) is 24.3 Å². The molecule has 3 amide bonds. The molecule has 1 aromatic rings. The standard InChI is InChI=1S/C21H29FN4O2/c1-15(16-4-6-17(22)7-5-16)26-11-2-3-18(19(26)27)24-20(28)25-12-9-21(14-25)8-10-23-13-21/h4-7,15,18,23H,2-3,8-14H2,1H3,(H,24,28). The van der Waals surface area contributed by atoms with Crippen molar-refractivity contribution < 1.29 is 14.0 Å². The molecule has 7 heteroatoms. The Morgan fingerprint density at radius 3 is 2.79 bits per heavy atom. The number of hydrogen-bond acceptors (Lipinski definition) is 3. The zero-order valence-electron chi connectivity index (χ0n) is 16.4. The second kappa shape index (κ2) is 7.70. The lowest BCUT2D eigenvalue weighted by molar-refractivity contribution is -0.138. The fourth-order valence-electron chi connectivity index (χ4n) is 4.83. The van der Waals surface area contributed by atoms with Crippen molar-refractivity contribution in [3.63, 3.8) is 0 Å². The highest BCUT2D eigenvalue weighted by Crippen LogP contribution is 2.36. The molecule has 152 valence electrons. The van der Waals surface area contributed by atoms with Crippen LogP contribution in [0.25, 0.3) is 0 Å². The smallest absolute Gasteiger partial charge is 0.318 e. The summed E-state index contributed by atoms with van der Waals surface area (Å²) < 4.78 is 13.2. The number of carbonyl (C=O) groups excluding carboxylic acids is 2. The normalized spacial score (nSPS) is 28.8. The van der Waals surface area contributed by atoms with E-state index in [1.54, 1.807) is 17.0 Å². The van der Waals surface area contributed by atoms with Gasteiger partial charge in [0.15, 0.2) is 0 Å². The van der Waals surface area contributed by atoms with Crippen LogP contribution in [0.5, 0.6) is 0 Å². The van der Waals surface area contributed by atoms with E-state index in [4.69, 9.17) is 0 Å². The fourth-order valence-corrected chi connectivity index (χ4v) is 4.83. The monoisotopic (exact) mass is 388 g/mol. The highest BCUT2D eigenvalue weighted by molar-refractivity contribution is 5.88. The summed E-state index contributed by atoms with van der Waals surface area (Å²) >= 11 is 0. The van der Waals surface area contributed by atoms with Crippen LogP contribution >= 0.6 is 0 Å². The Balaban J connectivity index is 1.38. The van der Waals surface area contributed by atoms with E-state index in [1.807, 2.05) is 11.8 Å². The summed E-state index contributed by atoms with van der Waals surface area (Å²) in [6.45, 7) is 6.12. The number of benzene rings is 1. The number of urea groups is 1. The third-order valence-electron chi connectivity index (χ3n) is 6.65. The van der Waals surface area contributed by atoms with Gasteiger partial charge in [-0.1, -0.05) is 12.1 Å². The number of likely N-dealkylation sites (tertiary alicyclic amines) is 2. The highest BCUT2D eigenvalue weighted by atomic mass is 19.1. The van der Waals surface area contributed by atoms with E-state index < -0.39 is 6.04 Å². The van der Waals surface area contributed by atoms with Crippen molar-refractivity contribution >= 4 is 11.9 Å². The number of nitrogens with one attached hydrogen (secondary N) is 2. The Labute approximate surface area is 165 Å². The molecule has 2 N–H and O–H groups in total. The van der Waals surface area contributed by atoms with Crippen LogP contribution in [0.2, 0.25) is 0 Å². The van der Waals surface area contributed by atoms with Gasteiger partial charge in [-0.2, -0.15) is 0 Å². The number of hydrogen-bond donors (Lipinski definition) is 2. The van der Waals surface area contributed by atoms with Crippen molar-refractivity contribution in [2.75, 3.05) is 32.7 Å². The summed E-state index contributed by atoms with van der Waals surface area (Å²) in [5, 5.41) is 6.38. The number of carbonyl (C=O) groups is 2. The van der Waals surface area contributed by atoms with Crippen molar-refractivity contribution in [1.82, 2.24) is 20.4 Å². The first kappa shape index (κ1) is 19.2. The minimum atomic E-state index is -0.484. The van der Waals surface area contributed by atoms with E-state index in [0.717, 1.165) is 51.0 Å². The predicted molar refractivity (Wildman–Crippen MR) is 104 cm³/mol. The van der Waals surface area contributed by atoms with Gasteiger partial charge in [-0.25, -0.2) is 9.18 Å². The minimum absolute atomic E-state index is 0.0483. The van der Waals surface area contributed by atoms with Gasteiger partial charge in [-0.05, 0) is 56.8 Å². The maximum Gasteiger partial charge on any atom is 0.318 e. The lowest BCUT2D eigenvalue weighted by Gasteiger charge is -2.37. The quantitative estimate of drug-likeness (QED) is 0.835. The van der Waals surface area contributed by atoms with Crippen LogP contribution in [0, 0.1) is 11.2 Å². The molecule has 3 unspecified atom stereocenters. The summed E-state index contributed by atoms with van der Waals surface area (Å²) in [4.78, 5) is 29.4. The third kappa shape index (κ3) is 3.72. The molecular weight excluding hydrogens is 359 g/mol. The van der Waals surface area contributed by atoms with E-state index >= 15 is 0 Å². The Bertz CT molecular complexity index is 732. The summed E-state index contributed by atoms with van der Waals surface area (Å²) in [7, 11) is 0. The molecule has 3 fully saturated rings. The second-order valence-corrected chi connectivity index (χ2v) is 8.50. The molecule has 1 aromatic carbocycles. The van der Waals surface area contributed by atoms with Gasteiger partial charge in [0, 0.05) is 31.6 Å². The number of nitrogens with zero attached hydrogens (tertiary/aromatic N) is 2. The molecule has 1 spiro atoms. The number of amides is 3. The fraction of sp³-hybridized carbons (Fsp3) is 0.619. The third-order valence-corrected chi connectivity index (χ3v) is 6.65. The molecule has 0 aliphatic carbocycles. The van der Waals surface area contributed by atoms with E-state index in [-0.39, 0.29) is 29.2 Å². The van der Waals surface area contributed by atoms with Gasteiger partial charge in [-0.3, -0.25) is 4.79 Å². The molecule has 6 nitrogen and oxygen atoms in total. The lowest BCUT2D eigenvalue weighted by atomic mass is 9.87. The van der Waals surface area contributed by atoms with Gasteiger partial charge in [0.2, 0.25) is 5.91 Å². The largest absolute Gasteiger partial charge is 0.334 e. The molecule has 3 heterocycles. The van der Waals surface area contributed by atoms with Crippen molar-refractivity contribution in [3.05, 3.63) is 35.6 Å². The summed E-state index contributed by atoms with van der Waals surface area (Å²) in [6.07, 6.45) is 3.65. The van der Waals surface area contributed by atoms with Gasteiger partial charge in [0.1, 0.15) is 11.9 Å². The molecular formula is C21H29FN4O2. The molecule has 0 bridgehead atoms. The van der Waals surface area contributed by atoms with Gasteiger partial charge in [-0.15, -0.1) is 0 Å². The lowest BCUT2D eigenvalue weighted by Crippen LogP contribution is -2.55. The van der Waals surface area contributed by atoms with Crippen LogP contribution in [-0.4, -0.2) is 60.5 Å². The van der Waals surface area contributed by atoms with E-state index in [2.05, 4.69) is 10.6 Å². The van der Waals surface area contributed by atoms with Gasteiger partial charge >= 0.3 is 6.03 Å². The van der Waals surface area contributed by atoms with Crippen molar-refractivity contribution in [2.24, 2.45) is 5.41 Å². The minimum Gasteiger partial charge on any atom is -0.334 e. The SMILES string of the molecule is CC(c1ccc(F)cc1)N1CCCC(NC(=O)N2CCC3(CCNC3)C2)C1=O.